The predicted molar refractivity (Wildman–Crippen MR) is 192 cm³/mol. The van der Waals surface area contributed by atoms with E-state index in [2.05, 4.69) is 15.9 Å². The molecule has 44 heavy (non-hydrogen) atoms. The van der Waals surface area contributed by atoms with E-state index in [1.807, 2.05) is 0 Å². The summed E-state index contributed by atoms with van der Waals surface area (Å²) in [5, 5.41) is 16.0. The van der Waals surface area contributed by atoms with Crippen molar-refractivity contribution in [3.05, 3.63) is 174 Å². The van der Waals surface area contributed by atoms with Crippen LogP contribution in [-0.2, 0) is 0 Å². The van der Waals surface area contributed by atoms with Crippen LogP contribution in [0.1, 0.15) is 38.4 Å². The first-order valence-electron chi connectivity index (χ1n) is 26.2. The third kappa shape index (κ3) is 6.44. The van der Waals surface area contributed by atoms with Crippen molar-refractivity contribution in [3.63, 3.8) is 0 Å². The maximum atomic E-state index is 8.81. The van der Waals surface area contributed by atoms with Gasteiger partial charge in [-0.3, -0.25) is 0 Å². The molecule has 0 heterocycles. The Bertz CT molecular complexity index is 3430. The highest BCUT2D eigenvalue weighted by Gasteiger charge is 2.09. The van der Waals surface area contributed by atoms with E-state index in [1.165, 1.54) is 0 Å². The van der Waals surface area contributed by atoms with Crippen LogP contribution in [0.25, 0.3) is 54.2 Å². The van der Waals surface area contributed by atoms with Crippen LogP contribution in [0.5, 0.6) is 0 Å². The molecule has 0 atom stereocenters. The first-order chi connectivity index (χ1) is 33.2. The topological polar surface area (TPSA) is 40.5 Å². The molecule has 0 saturated heterocycles. The van der Waals surface area contributed by atoms with Crippen LogP contribution in [0.15, 0.2) is 174 Å². The Morgan fingerprint density at radius 3 is 1.20 bits per heavy atom. The highest BCUT2D eigenvalue weighted by Crippen LogP contribution is 2.36. The summed E-state index contributed by atoms with van der Waals surface area (Å²) < 4.78 is 223. The SMILES string of the molecule is [2H]c1c([2H])c([2H])c(-c2c3c([2H])c([2H])c([2H])c([2H])c3c([2H])c3c([2H])c([2H])c([2H])c([2H])c23)c([2H])c1[2H].[2H]c1c([2H])c([2H])c(B(O)O)c([2H])c1[2H].[2H]c1c([2H])c([2H])c2c(Br)c3c([2H])c([2H])c([2H])c([2H])c3c([2H])c2c1[2H]. The van der Waals surface area contributed by atoms with Gasteiger partial charge in [0.25, 0.3) is 0 Å². The fraction of sp³-hybridized carbons (Fsp3) is 0. The van der Waals surface area contributed by atoms with Gasteiger partial charge in [0.15, 0.2) is 0 Å². The Morgan fingerprint density at radius 2 is 0.773 bits per heavy atom. The zero-order valence-corrected chi connectivity index (χ0v) is 23.4. The Hall–Kier alpha value is -4.74. The van der Waals surface area contributed by atoms with Crippen molar-refractivity contribution in [2.45, 2.75) is 0 Å². The van der Waals surface area contributed by atoms with E-state index in [9.17, 15) is 0 Å². The first-order valence-corrected chi connectivity index (χ1v) is 13.0. The number of halogens is 1. The second-order valence-electron chi connectivity index (χ2n) is 8.35. The average molecular weight is 662 g/mol. The van der Waals surface area contributed by atoms with Gasteiger partial charge in [0.1, 0.15) is 0 Å². The fourth-order valence-corrected chi connectivity index (χ4v) is 4.44. The minimum absolute atomic E-state index is 0.0310. The van der Waals surface area contributed by atoms with Crippen LogP contribution in [0.4, 0.5) is 0 Å². The highest BCUT2D eigenvalue weighted by molar-refractivity contribution is 9.10. The van der Waals surface area contributed by atoms with Gasteiger partial charge in [0, 0.05) is 4.47 Å². The van der Waals surface area contributed by atoms with Crippen LogP contribution in [0, 0.1) is 0 Å². The van der Waals surface area contributed by atoms with Crippen LogP contribution < -0.4 is 5.46 Å². The molecular weight excluding hydrogens is 603 g/mol. The molecule has 212 valence electrons. The van der Waals surface area contributed by atoms with Gasteiger partial charge in [-0.25, -0.2) is 0 Å². The summed E-state index contributed by atoms with van der Waals surface area (Å²) >= 11 is 3.22. The molecule has 0 aromatic heterocycles. The van der Waals surface area contributed by atoms with Crippen molar-refractivity contribution in [3.8, 4) is 11.1 Å². The number of benzene rings is 8. The van der Waals surface area contributed by atoms with Gasteiger partial charge in [-0.15, -0.1) is 0 Å². The van der Waals surface area contributed by atoms with E-state index < -0.39 is 169 Å². The second-order valence-corrected chi connectivity index (χ2v) is 9.14. The lowest BCUT2D eigenvalue weighted by Crippen LogP contribution is -2.29. The van der Waals surface area contributed by atoms with Crippen LogP contribution in [-0.4, -0.2) is 17.2 Å². The molecule has 2 nitrogen and oxygen atoms in total. The quantitative estimate of drug-likeness (QED) is 0.143. The van der Waals surface area contributed by atoms with Crippen LogP contribution in [0.2, 0.25) is 0 Å². The van der Waals surface area contributed by atoms with Crippen LogP contribution >= 0.6 is 15.9 Å². The normalized spacial score (nSPS) is 19.5. The van der Waals surface area contributed by atoms with Gasteiger partial charge in [-0.1, -0.05) is 157 Å². The summed E-state index contributed by atoms with van der Waals surface area (Å²) in [6.45, 7) is 0. The third-order valence-corrected chi connectivity index (χ3v) is 6.51. The number of hydrogen-bond acceptors (Lipinski definition) is 2. The molecule has 0 saturated carbocycles. The molecule has 0 unspecified atom stereocenters. The van der Waals surface area contributed by atoms with Gasteiger partial charge in [-0.05, 0) is 87.7 Å². The lowest BCUT2D eigenvalue weighted by Gasteiger charge is -2.11. The van der Waals surface area contributed by atoms with Gasteiger partial charge in [0.2, 0.25) is 0 Å². The van der Waals surface area contributed by atoms with E-state index in [1.54, 1.807) is 0 Å². The summed E-state index contributed by atoms with van der Waals surface area (Å²) in [6, 6.07) is -16.3. The van der Waals surface area contributed by atoms with E-state index in [0.29, 0.717) is 0 Å². The van der Waals surface area contributed by atoms with Gasteiger partial charge >= 0.3 is 7.12 Å². The molecule has 8 aromatic rings. The minimum atomic E-state index is -2.07. The molecule has 8 rings (SSSR count). The summed E-state index contributed by atoms with van der Waals surface area (Å²) in [6.07, 6.45) is 0. The van der Waals surface area contributed by atoms with Crippen molar-refractivity contribution >= 4 is 71.6 Å². The first kappa shape index (κ1) is 11.0. The number of fused-ring (bicyclic) bond motifs is 4. The number of rotatable bonds is 2. The second kappa shape index (κ2) is 13.7. The molecule has 0 amide bonds. The van der Waals surface area contributed by atoms with Gasteiger partial charge in [0.05, 0.1) is 38.4 Å². The molecular formula is C40H30BBrO2. The third-order valence-electron chi connectivity index (χ3n) is 5.72. The van der Waals surface area contributed by atoms with Crippen molar-refractivity contribution in [1.29, 1.82) is 0 Å². The van der Waals surface area contributed by atoms with Crippen LogP contribution in [0.3, 0.4) is 0 Å². The maximum absolute atomic E-state index is 8.81. The predicted octanol–water partition coefficient (Wildman–Crippen LogP) is 9.78. The molecule has 0 fully saturated rings. The Morgan fingerprint density at radius 1 is 0.432 bits per heavy atom. The average Bonchev–Trinajstić information content (AvgIpc) is 3.34. The zero-order valence-electron chi connectivity index (χ0n) is 49.8. The standard InChI is InChI=1S/C20H14.C14H9Br.C6H7BO2/c1-2-8-15(9-3-1)20-18-12-6-4-10-16(18)14-17-11-5-7-13-19(17)20;15-14-12-7-3-1-5-10(12)9-11-6-2-4-8-13(11)14;8-7(9)6-4-2-1-3-5-6/h1-14H;1-9H;1-5,8-9H/i1D,2D,3D,4D,5D,6D,7D,8D,9D,10D,11D,12D,13D,14D;1D,2D,3D,4D,5D,6D,7D,8D,9D;1D,2D,3D,4D,5D. The largest absolute Gasteiger partial charge is 0.488 e. The Balaban J connectivity index is 0.000000193. The van der Waals surface area contributed by atoms with Crippen molar-refractivity contribution in [1.82, 2.24) is 0 Å². The van der Waals surface area contributed by atoms with Gasteiger partial charge < -0.3 is 10.0 Å². The van der Waals surface area contributed by atoms with Crippen molar-refractivity contribution < 1.29 is 48.4 Å². The summed E-state index contributed by atoms with van der Waals surface area (Å²) in [5.74, 6) is 0. The minimum Gasteiger partial charge on any atom is -0.423 e. The molecule has 2 N–H and O–H groups in total. The molecule has 0 radical (unpaired) electrons. The summed E-state index contributed by atoms with van der Waals surface area (Å²) in [5.41, 5.74) is -1.37. The Labute approximate surface area is 305 Å². The molecule has 0 bridgehead atoms. The van der Waals surface area contributed by atoms with E-state index in [4.69, 9.17) is 48.4 Å². The lowest BCUT2D eigenvalue weighted by atomic mass is 9.81. The molecule has 0 spiro atoms. The number of hydrogen-bond donors (Lipinski definition) is 2. The summed E-state index contributed by atoms with van der Waals surface area (Å²) in [4.78, 5) is 0. The molecule has 8 aromatic carbocycles. The summed E-state index contributed by atoms with van der Waals surface area (Å²) in [7, 11) is -2.07. The maximum Gasteiger partial charge on any atom is 0.488 e. The lowest BCUT2D eigenvalue weighted by molar-refractivity contribution is 0.426. The van der Waals surface area contributed by atoms with E-state index in [-0.39, 0.29) is 71.3 Å². The van der Waals surface area contributed by atoms with Crippen molar-refractivity contribution in [2.75, 3.05) is 0 Å². The fourth-order valence-electron chi connectivity index (χ4n) is 3.84. The molecule has 0 aliphatic heterocycles. The smallest absolute Gasteiger partial charge is 0.423 e. The van der Waals surface area contributed by atoms with E-state index in [0.717, 1.165) is 0 Å². The zero-order chi connectivity index (χ0) is 54.7. The van der Waals surface area contributed by atoms with E-state index >= 15 is 0 Å². The van der Waals surface area contributed by atoms with Crippen molar-refractivity contribution in [2.24, 2.45) is 0 Å². The monoisotopic (exact) mass is 660 g/mol. The Kier molecular flexibility index (Phi) is 3.43. The highest BCUT2D eigenvalue weighted by atomic mass is 79.9. The molecule has 0 aliphatic carbocycles. The molecule has 4 heteroatoms. The van der Waals surface area contributed by atoms with Gasteiger partial charge in [-0.2, -0.15) is 0 Å². The molecule has 0 aliphatic rings.